The molecule has 1 heterocycles. The normalized spacial score (nSPS) is 34.8. The van der Waals surface area contributed by atoms with E-state index in [-0.39, 0.29) is 6.10 Å². The summed E-state index contributed by atoms with van der Waals surface area (Å²) in [6.07, 6.45) is 3.44. The van der Waals surface area contributed by atoms with Crippen LogP contribution in [0, 0.1) is 5.92 Å². The highest BCUT2D eigenvalue weighted by Gasteiger charge is 2.35. The van der Waals surface area contributed by atoms with Gasteiger partial charge in [-0.15, -0.1) is 0 Å². The lowest BCUT2D eigenvalue weighted by Gasteiger charge is -2.30. The number of rotatable bonds is 4. The van der Waals surface area contributed by atoms with Crippen LogP contribution in [0.1, 0.15) is 19.8 Å². The van der Waals surface area contributed by atoms with E-state index in [1.165, 1.54) is 12.8 Å². The van der Waals surface area contributed by atoms with E-state index in [0.29, 0.717) is 6.10 Å². The maximum Gasteiger partial charge on any atom is 0.0936 e. The summed E-state index contributed by atoms with van der Waals surface area (Å²) in [5.41, 5.74) is 0. The summed E-state index contributed by atoms with van der Waals surface area (Å²) in [4.78, 5) is 0. The van der Waals surface area contributed by atoms with Crippen LogP contribution in [0.25, 0.3) is 0 Å². The van der Waals surface area contributed by atoms with Gasteiger partial charge in [0.1, 0.15) is 0 Å². The van der Waals surface area contributed by atoms with E-state index in [0.717, 1.165) is 32.2 Å². The second-order valence-corrected chi connectivity index (χ2v) is 3.95. The van der Waals surface area contributed by atoms with Crippen molar-refractivity contribution in [2.24, 2.45) is 5.92 Å². The van der Waals surface area contributed by atoms with Crippen LogP contribution in [0.3, 0.4) is 0 Å². The van der Waals surface area contributed by atoms with Gasteiger partial charge in [-0.3, -0.25) is 0 Å². The van der Waals surface area contributed by atoms with Crippen LogP contribution >= 0.6 is 0 Å². The maximum atomic E-state index is 5.92. The van der Waals surface area contributed by atoms with Crippen molar-refractivity contribution in [2.75, 3.05) is 26.3 Å². The van der Waals surface area contributed by atoms with Crippen LogP contribution < -0.4 is 5.32 Å². The molecule has 76 valence electrons. The lowest BCUT2D eigenvalue weighted by molar-refractivity contribution is -0.0816. The molecule has 2 atom stereocenters. The van der Waals surface area contributed by atoms with Gasteiger partial charge in [-0.2, -0.15) is 0 Å². The van der Waals surface area contributed by atoms with Crippen molar-refractivity contribution in [3.63, 3.8) is 0 Å². The molecule has 0 bridgehead atoms. The largest absolute Gasteiger partial charge is 0.379 e. The second-order valence-electron chi connectivity index (χ2n) is 3.95. The summed E-state index contributed by atoms with van der Waals surface area (Å²) in [5.74, 6) is 0.830. The molecule has 2 rings (SSSR count). The maximum absolute atomic E-state index is 5.92. The average molecular weight is 185 g/mol. The average Bonchev–Trinajstić information content (AvgIpc) is 2.98. The molecule has 0 aromatic heterocycles. The summed E-state index contributed by atoms with van der Waals surface area (Å²) >= 11 is 0. The molecule has 0 amide bonds. The molecular weight excluding hydrogens is 166 g/mol. The Labute approximate surface area is 79.8 Å². The van der Waals surface area contributed by atoms with Gasteiger partial charge in [0.15, 0.2) is 0 Å². The number of hydrogen-bond donors (Lipinski definition) is 1. The van der Waals surface area contributed by atoms with E-state index in [2.05, 4.69) is 5.32 Å². The third kappa shape index (κ3) is 2.66. The summed E-state index contributed by atoms with van der Waals surface area (Å²) < 4.78 is 11.3. The molecule has 13 heavy (non-hydrogen) atoms. The van der Waals surface area contributed by atoms with E-state index in [4.69, 9.17) is 9.47 Å². The summed E-state index contributed by atoms with van der Waals surface area (Å²) in [6.45, 7) is 5.53. The van der Waals surface area contributed by atoms with E-state index in [1.807, 2.05) is 6.92 Å². The van der Waals surface area contributed by atoms with Crippen molar-refractivity contribution in [2.45, 2.75) is 32.0 Å². The van der Waals surface area contributed by atoms with Gasteiger partial charge in [-0.1, -0.05) is 0 Å². The Morgan fingerprint density at radius 3 is 2.92 bits per heavy atom. The van der Waals surface area contributed by atoms with E-state index < -0.39 is 0 Å². The SMILES string of the molecule is CCOCC1CNCC(C2CC2)O1. The van der Waals surface area contributed by atoms with Crippen molar-refractivity contribution in [1.29, 1.82) is 0 Å². The number of nitrogens with one attached hydrogen (secondary N) is 1. The number of morpholine rings is 1. The molecule has 2 fully saturated rings. The molecule has 0 aromatic carbocycles. The van der Waals surface area contributed by atoms with Crippen LogP contribution in [0.5, 0.6) is 0 Å². The summed E-state index contributed by atoms with van der Waals surface area (Å²) in [7, 11) is 0. The fourth-order valence-electron chi connectivity index (χ4n) is 1.82. The third-order valence-corrected chi connectivity index (χ3v) is 2.74. The molecule has 2 unspecified atom stereocenters. The first-order valence-corrected chi connectivity index (χ1v) is 5.34. The quantitative estimate of drug-likeness (QED) is 0.702. The minimum atomic E-state index is 0.277. The second kappa shape index (κ2) is 4.40. The zero-order chi connectivity index (χ0) is 9.10. The minimum absolute atomic E-state index is 0.277. The lowest BCUT2D eigenvalue weighted by atomic mass is 10.2. The fraction of sp³-hybridized carbons (Fsp3) is 1.00. The Morgan fingerprint density at radius 1 is 1.38 bits per heavy atom. The van der Waals surface area contributed by atoms with Crippen molar-refractivity contribution < 1.29 is 9.47 Å². The molecule has 2 aliphatic rings. The van der Waals surface area contributed by atoms with Gasteiger partial charge in [0.25, 0.3) is 0 Å². The van der Waals surface area contributed by atoms with Crippen LogP contribution in [0.15, 0.2) is 0 Å². The molecule has 0 spiro atoms. The van der Waals surface area contributed by atoms with Crippen molar-refractivity contribution >= 4 is 0 Å². The van der Waals surface area contributed by atoms with E-state index in [1.54, 1.807) is 0 Å². The van der Waals surface area contributed by atoms with E-state index >= 15 is 0 Å². The monoisotopic (exact) mass is 185 g/mol. The Balaban J connectivity index is 1.71. The molecular formula is C10H19NO2. The standard InChI is InChI=1S/C10H19NO2/c1-2-12-7-9-5-11-6-10(13-9)8-3-4-8/h8-11H,2-7H2,1H3. The molecule has 3 heteroatoms. The van der Waals surface area contributed by atoms with Crippen LogP contribution in [0.2, 0.25) is 0 Å². The van der Waals surface area contributed by atoms with Gasteiger partial charge in [0.05, 0.1) is 18.8 Å². The molecule has 1 aliphatic carbocycles. The van der Waals surface area contributed by atoms with Crippen molar-refractivity contribution in [3.8, 4) is 0 Å². The fourth-order valence-corrected chi connectivity index (χ4v) is 1.82. The molecule has 1 N–H and O–H groups in total. The smallest absolute Gasteiger partial charge is 0.0936 e. The number of hydrogen-bond acceptors (Lipinski definition) is 3. The highest BCUT2D eigenvalue weighted by Crippen LogP contribution is 2.35. The zero-order valence-electron chi connectivity index (χ0n) is 8.29. The summed E-state index contributed by atoms with van der Waals surface area (Å²) in [6, 6.07) is 0. The number of ether oxygens (including phenoxy) is 2. The Bertz CT molecular complexity index is 159. The van der Waals surface area contributed by atoms with Crippen LogP contribution in [-0.2, 0) is 9.47 Å². The highest BCUT2D eigenvalue weighted by atomic mass is 16.5. The van der Waals surface area contributed by atoms with Crippen LogP contribution in [-0.4, -0.2) is 38.5 Å². The van der Waals surface area contributed by atoms with E-state index in [9.17, 15) is 0 Å². The Morgan fingerprint density at radius 2 is 2.23 bits per heavy atom. The molecule has 1 aliphatic heterocycles. The van der Waals surface area contributed by atoms with Gasteiger partial charge in [-0.05, 0) is 25.7 Å². The predicted molar refractivity (Wildman–Crippen MR) is 50.7 cm³/mol. The molecule has 0 aromatic rings. The molecule has 1 saturated carbocycles. The zero-order valence-corrected chi connectivity index (χ0v) is 8.29. The highest BCUT2D eigenvalue weighted by molar-refractivity contribution is 4.87. The third-order valence-electron chi connectivity index (χ3n) is 2.74. The molecule has 1 saturated heterocycles. The first-order chi connectivity index (χ1) is 6.40. The van der Waals surface area contributed by atoms with Crippen molar-refractivity contribution in [1.82, 2.24) is 5.32 Å². The van der Waals surface area contributed by atoms with Gasteiger partial charge in [0, 0.05) is 19.7 Å². The topological polar surface area (TPSA) is 30.5 Å². The Hall–Kier alpha value is -0.120. The lowest BCUT2D eigenvalue weighted by Crippen LogP contribution is -2.47. The van der Waals surface area contributed by atoms with Gasteiger partial charge in [-0.25, -0.2) is 0 Å². The van der Waals surface area contributed by atoms with Crippen LogP contribution in [0.4, 0.5) is 0 Å². The van der Waals surface area contributed by atoms with Gasteiger partial charge in [0.2, 0.25) is 0 Å². The summed E-state index contributed by atoms with van der Waals surface area (Å²) in [5, 5.41) is 3.41. The van der Waals surface area contributed by atoms with Crippen molar-refractivity contribution in [3.05, 3.63) is 0 Å². The van der Waals surface area contributed by atoms with Gasteiger partial charge < -0.3 is 14.8 Å². The Kier molecular flexibility index (Phi) is 3.19. The van der Waals surface area contributed by atoms with Gasteiger partial charge >= 0.3 is 0 Å². The molecule has 0 radical (unpaired) electrons. The predicted octanol–water partition coefficient (Wildman–Crippen LogP) is 0.790. The first-order valence-electron chi connectivity index (χ1n) is 5.34. The molecule has 3 nitrogen and oxygen atoms in total. The first kappa shape index (κ1) is 9.44. The minimum Gasteiger partial charge on any atom is -0.379 e.